The topological polar surface area (TPSA) is 64.1 Å². The van der Waals surface area contributed by atoms with Crippen LogP contribution in [-0.4, -0.2) is 23.2 Å². The third kappa shape index (κ3) is 1.53. The van der Waals surface area contributed by atoms with Gasteiger partial charge in [0.2, 0.25) is 11.7 Å². The lowest BCUT2D eigenvalue weighted by Gasteiger charge is -2.07. The molecule has 1 aliphatic heterocycles. The van der Waals surface area contributed by atoms with Gasteiger partial charge in [-0.2, -0.15) is 4.98 Å². The summed E-state index contributed by atoms with van der Waals surface area (Å²) < 4.78 is 10.3. The zero-order valence-electron chi connectivity index (χ0n) is 9.01. The number of hydrogen-bond acceptors (Lipinski definition) is 5. The van der Waals surface area contributed by atoms with Gasteiger partial charge in [0.05, 0.1) is 17.7 Å². The van der Waals surface area contributed by atoms with Gasteiger partial charge in [-0.3, -0.25) is 0 Å². The van der Waals surface area contributed by atoms with Crippen LogP contribution in [0, 0.1) is 5.92 Å². The number of furan rings is 1. The van der Waals surface area contributed by atoms with E-state index in [9.17, 15) is 0 Å². The van der Waals surface area contributed by atoms with Crippen molar-refractivity contribution in [1.82, 2.24) is 15.5 Å². The van der Waals surface area contributed by atoms with Crippen molar-refractivity contribution in [2.45, 2.75) is 12.8 Å². The predicted molar refractivity (Wildman–Crippen MR) is 56.8 cm³/mol. The zero-order valence-corrected chi connectivity index (χ0v) is 9.01. The smallest absolute Gasteiger partial charge is 0.231 e. The average molecular weight is 219 g/mol. The molecule has 16 heavy (non-hydrogen) atoms. The molecule has 0 amide bonds. The molecule has 0 bridgehead atoms. The minimum Gasteiger partial charge on any atom is -0.472 e. The first kappa shape index (κ1) is 9.59. The number of hydrogen-bond donors (Lipinski definition) is 1. The fourth-order valence-electron chi connectivity index (χ4n) is 2.04. The van der Waals surface area contributed by atoms with Crippen LogP contribution in [0.3, 0.4) is 0 Å². The van der Waals surface area contributed by atoms with E-state index in [1.54, 1.807) is 12.5 Å². The van der Waals surface area contributed by atoms with Crippen LogP contribution in [0.15, 0.2) is 27.5 Å². The Hall–Kier alpha value is -1.62. The molecule has 0 aliphatic carbocycles. The zero-order chi connectivity index (χ0) is 11.0. The summed E-state index contributed by atoms with van der Waals surface area (Å²) in [5.74, 6) is 2.18. The molecule has 5 heteroatoms. The molecule has 1 saturated heterocycles. The van der Waals surface area contributed by atoms with E-state index in [0.717, 1.165) is 18.7 Å². The van der Waals surface area contributed by atoms with Crippen molar-refractivity contribution in [2.24, 2.45) is 5.92 Å². The van der Waals surface area contributed by atoms with Gasteiger partial charge in [0.1, 0.15) is 6.26 Å². The molecular formula is C11H13N3O2. The number of aromatic nitrogens is 2. The lowest BCUT2D eigenvalue weighted by molar-refractivity contribution is 0.340. The maximum absolute atomic E-state index is 5.30. The van der Waals surface area contributed by atoms with Gasteiger partial charge in [-0.05, 0) is 18.5 Å². The number of rotatable bonds is 2. The van der Waals surface area contributed by atoms with Crippen molar-refractivity contribution in [3.63, 3.8) is 0 Å². The molecule has 0 saturated carbocycles. The molecule has 1 N–H and O–H groups in total. The van der Waals surface area contributed by atoms with Crippen LogP contribution in [0.25, 0.3) is 11.4 Å². The van der Waals surface area contributed by atoms with Crippen molar-refractivity contribution in [1.29, 1.82) is 0 Å². The monoisotopic (exact) mass is 219 g/mol. The molecule has 2 atom stereocenters. The Labute approximate surface area is 92.8 Å². The molecule has 3 rings (SSSR count). The van der Waals surface area contributed by atoms with E-state index in [1.165, 1.54) is 0 Å². The molecule has 1 fully saturated rings. The maximum atomic E-state index is 5.30. The maximum Gasteiger partial charge on any atom is 0.231 e. The highest BCUT2D eigenvalue weighted by molar-refractivity contribution is 5.51. The lowest BCUT2D eigenvalue weighted by Crippen LogP contribution is -2.08. The summed E-state index contributed by atoms with van der Waals surface area (Å²) in [7, 11) is 0. The Morgan fingerprint density at radius 1 is 1.44 bits per heavy atom. The molecule has 84 valence electrons. The Balaban J connectivity index is 1.88. The molecule has 0 unspecified atom stereocenters. The molecule has 2 aromatic rings. The first-order valence-electron chi connectivity index (χ1n) is 5.41. The fraction of sp³-hybridized carbons (Fsp3) is 0.455. The van der Waals surface area contributed by atoms with E-state index >= 15 is 0 Å². The largest absolute Gasteiger partial charge is 0.472 e. The van der Waals surface area contributed by atoms with E-state index < -0.39 is 0 Å². The van der Waals surface area contributed by atoms with Crippen LogP contribution in [0.5, 0.6) is 0 Å². The second kappa shape index (κ2) is 3.75. The van der Waals surface area contributed by atoms with Crippen LogP contribution < -0.4 is 5.32 Å². The van der Waals surface area contributed by atoms with E-state index in [-0.39, 0.29) is 0 Å². The summed E-state index contributed by atoms with van der Waals surface area (Å²) in [6.45, 7) is 4.11. The summed E-state index contributed by atoms with van der Waals surface area (Å²) in [5, 5.41) is 7.28. The highest BCUT2D eigenvalue weighted by Crippen LogP contribution is 2.27. The van der Waals surface area contributed by atoms with Gasteiger partial charge < -0.3 is 14.3 Å². The van der Waals surface area contributed by atoms with Crippen LogP contribution in [0.2, 0.25) is 0 Å². The van der Waals surface area contributed by atoms with Crippen molar-refractivity contribution < 1.29 is 8.94 Å². The first-order chi connectivity index (χ1) is 7.84. The Morgan fingerprint density at radius 2 is 2.38 bits per heavy atom. The van der Waals surface area contributed by atoms with E-state index in [2.05, 4.69) is 22.4 Å². The van der Waals surface area contributed by atoms with Gasteiger partial charge in [0.15, 0.2) is 0 Å². The predicted octanol–water partition coefficient (Wildman–Crippen LogP) is 1.65. The van der Waals surface area contributed by atoms with Gasteiger partial charge >= 0.3 is 0 Å². The molecule has 0 aromatic carbocycles. The Bertz CT molecular complexity index is 463. The SMILES string of the molecule is C[C@@H]1CNC[C@H]1c1nc(-c2ccoc2)no1. The van der Waals surface area contributed by atoms with Gasteiger partial charge in [-0.25, -0.2) is 0 Å². The Morgan fingerprint density at radius 3 is 3.06 bits per heavy atom. The summed E-state index contributed by atoms with van der Waals surface area (Å²) in [5.41, 5.74) is 0.855. The van der Waals surface area contributed by atoms with Crippen molar-refractivity contribution in [2.75, 3.05) is 13.1 Å². The molecule has 1 aliphatic rings. The summed E-state index contributed by atoms with van der Waals surface area (Å²) in [6.07, 6.45) is 3.22. The van der Waals surface area contributed by atoms with E-state index in [4.69, 9.17) is 8.94 Å². The number of nitrogens with one attached hydrogen (secondary N) is 1. The van der Waals surface area contributed by atoms with Gasteiger partial charge in [-0.1, -0.05) is 12.1 Å². The second-order valence-electron chi connectivity index (χ2n) is 4.21. The Kier molecular flexibility index (Phi) is 2.25. The summed E-state index contributed by atoms with van der Waals surface area (Å²) in [6, 6.07) is 1.82. The third-order valence-electron chi connectivity index (χ3n) is 3.06. The standard InChI is InChI=1S/C11H13N3O2/c1-7-4-12-5-9(7)11-13-10(14-16-11)8-2-3-15-6-8/h2-3,6-7,9,12H,4-5H2,1H3/t7-,9-/m1/s1. The summed E-state index contributed by atoms with van der Waals surface area (Å²) >= 11 is 0. The molecule has 5 nitrogen and oxygen atoms in total. The van der Waals surface area contributed by atoms with Crippen molar-refractivity contribution >= 4 is 0 Å². The summed E-state index contributed by atoms with van der Waals surface area (Å²) in [4.78, 5) is 4.41. The molecule has 0 spiro atoms. The van der Waals surface area contributed by atoms with Gasteiger partial charge in [0.25, 0.3) is 0 Å². The minimum absolute atomic E-state index is 0.327. The molecular weight excluding hydrogens is 206 g/mol. The molecule has 2 aromatic heterocycles. The van der Waals surface area contributed by atoms with Gasteiger partial charge in [0, 0.05) is 6.54 Å². The van der Waals surface area contributed by atoms with Crippen LogP contribution >= 0.6 is 0 Å². The third-order valence-corrected chi connectivity index (χ3v) is 3.06. The van der Waals surface area contributed by atoms with Crippen molar-refractivity contribution in [3.8, 4) is 11.4 Å². The van der Waals surface area contributed by atoms with Crippen LogP contribution in [-0.2, 0) is 0 Å². The highest BCUT2D eigenvalue weighted by atomic mass is 16.5. The first-order valence-corrected chi connectivity index (χ1v) is 5.41. The fourth-order valence-corrected chi connectivity index (χ4v) is 2.04. The number of nitrogens with zero attached hydrogens (tertiary/aromatic N) is 2. The van der Waals surface area contributed by atoms with E-state index in [1.807, 2.05) is 6.07 Å². The van der Waals surface area contributed by atoms with Crippen LogP contribution in [0.4, 0.5) is 0 Å². The average Bonchev–Trinajstić information content (AvgIpc) is 2.96. The lowest BCUT2D eigenvalue weighted by atomic mass is 9.98. The molecule has 0 radical (unpaired) electrons. The van der Waals surface area contributed by atoms with Crippen molar-refractivity contribution in [3.05, 3.63) is 24.5 Å². The van der Waals surface area contributed by atoms with Crippen LogP contribution in [0.1, 0.15) is 18.7 Å². The highest BCUT2D eigenvalue weighted by Gasteiger charge is 2.29. The minimum atomic E-state index is 0.327. The van der Waals surface area contributed by atoms with E-state index in [0.29, 0.717) is 23.6 Å². The normalized spacial score (nSPS) is 25.1. The quantitative estimate of drug-likeness (QED) is 0.832. The molecule has 3 heterocycles. The van der Waals surface area contributed by atoms with Gasteiger partial charge in [-0.15, -0.1) is 0 Å². The second-order valence-corrected chi connectivity index (χ2v) is 4.21.